The van der Waals surface area contributed by atoms with E-state index in [1.165, 1.54) is 0 Å². The zero-order valence-electron chi connectivity index (χ0n) is 8.19. The lowest BCUT2D eigenvalue weighted by molar-refractivity contribution is -0.137. The van der Waals surface area contributed by atoms with Crippen LogP contribution in [0.1, 0.15) is 30.9 Å². The molecule has 15 heavy (non-hydrogen) atoms. The van der Waals surface area contributed by atoms with E-state index in [2.05, 4.69) is 0 Å². The monoisotopic (exact) mass is 238 g/mol. The van der Waals surface area contributed by atoms with Crippen molar-refractivity contribution in [2.45, 2.75) is 25.9 Å². The van der Waals surface area contributed by atoms with Crippen LogP contribution >= 0.6 is 11.6 Å². The molecule has 0 saturated carbocycles. The average molecular weight is 239 g/mol. The molecule has 0 aliphatic heterocycles. The van der Waals surface area contributed by atoms with Crippen LogP contribution < -0.4 is 0 Å². The van der Waals surface area contributed by atoms with Crippen LogP contribution in [0.5, 0.6) is 5.75 Å². The lowest BCUT2D eigenvalue weighted by atomic mass is 9.99. The van der Waals surface area contributed by atoms with E-state index in [9.17, 15) is 18.3 Å². The summed E-state index contributed by atoms with van der Waals surface area (Å²) in [6.45, 7) is 3.40. The Labute approximate surface area is 90.5 Å². The van der Waals surface area contributed by atoms with E-state index in [0.29, 0.717) is 0 Å². The second-order valence-electron chi connectivity index (χ2n) is 3.54. The normalized spacial score (nSPS) is 12.2. The van der Waals surface area contributed by atoms with Crippen molar-refractivity contribution in [2.24, 2.45) is 0 Å². The van der Waals surface area contributed by atoms with Crippen LogP contribution in [0.15, 0.2) is 12.1 Å². The fourth-order valence-electron chi connectivity index (χ4n) is 1.26. The summed E-state index contributed by atoms with van der Waals surface area (Å²) in [5, 5.41) is 8.92. The van der Waals surface area contributed by atoms with Crippen molar-refractivity contribution >= 4 is 11.6 Å². The van der Waals surface area contributed by atoms with E-state index in [4.69, 9.17) is 11.6 Å². The summed E-state index contributed by atoms with van der Waals surface area (Å²) < 4.78 is 37.4. The molecule has 0 unspecified atom stereocenters. The Morgan fingerprint density at radius 2 is 1.80 bits per heavy atom. The van der Waals surface area contributed by atoms with Gasteiger partial charge in [0.1, 0.15) is 5.75 Å². The summed E-state index contributed by atoms with van der Waals surface area (Å²) >= 11 is 5.41. The average Bonchev–Trinajstić information content (AvgIpc) is 2.00. The predicted molar refractivity (Wildman–Crippen MR) is 52.2 cm³/mol. The van der Waals surface area contributed by atoms with Gasteiger partial charge in [-0.05, 0) is 23.6 Å². The van der Waals surface area contributed by atoms with Gasteiger partial charge in [0.25, 0.3) is 0 Å². The third kappa shape index (κ3) is 2.56. The van der Waals surface area contributed by atoms with Crippen LogP contribution in [0.4, 0.5) is 13.2 Å². The molecule has 5 heteroatoms. The molecule has 1 nitrogen and oxygen atoms in total. The van der Waals surface area contributed by atoms with Crippen LogP contribution in [0.2, 0.25) is 5.02 Å². The minimum absolute atomic E-state index is 0.191. The van der Waals surface area contributed by atoms with Crippen LogP contribution in [-0.4, -0.2) is 5.11 Å². The minimum Gasteiger partial charge on any atom is -0.508 e. The summed E-state index contributed by atoms with van der Waals surface area (Å²) in [5.41, 5.74) is -0.669. The highest BCUT2D eigenvalue weighted by Crippen LogP contribution is 2.39. The molecular weight excluding hydrogens is 229 g/mol. The summed E-state index contributed by atoms with van der Waals surface area (Å²) in [7, 11) is 0. The smallest absolute Gasteiger partial charge is 0.417 e. The Bertz CT molecular complexity index is 372. The first-order valence-electron chi connectivity index (χ1n) is 4.33. The zero-order valence-corrected chi connectivity index (χ0v) is 8.95. The van der Waals surface area contributed by atoms with Gasteiger partial charge in [0, 0.05) is 0 Å². The maximum Gasteiger partial charge on any atom is 0.417 e. The predicted octanol–water partition coefficient (Wildman–Crippen LogP) is 4.19. The number of hydrogen-bond acceptors (Lipinski definition) is 1. The third-order valence-corrected chi connectivity index (χ3v) is 2.36. The maximum absolute atomic E-state index is 12.5. The SMILES string of the molecule is CC(C)c1cc(C(F)(F)F)c(Cl)cc1O. The number of phenolic OH excluding ortho intramolecular Hbond substituents is 1. The fourth-order valence-corrected chi connectivity index (χ4v) is 1.52. The van der Waals surface area contributed by atoms with Crippen molar-refractivity contribution in [3.63, 3.8) is 0 Å². The van der Waals surface area contributed by atoms with Crippen molar-refractivity contribution in [2.75, 3.05) is 0 Å². The second kappa shape index (κ2) is 3.93. The molecule has 0 aromatic heterocycles. The van der Waals surface area contributed by atoms with E-state index < -0.39 is 16.8 Å². The second-order valence-corrected chi connectivity index (χ2v) is 3.95. The fraction of sp³-hybridized carbons (Fsp3) is 0.400. The van der Waals surface area contributed by atoms with Gasteiger partial charge >= 0.3 is 6.18 Å². The standard InChI is InChI=1S/C10H10ClF3O/c1-5(2)6-3-7(10(12,13)14)8(11)4-9(6)15/h3-5,15H,1-2H3. The molecule has 0 bridgehead atoms. The molecule has 0 atom stereocenters. The molecule has 0 aliphatic rings. The van der Waals surface area contributed by atoms with Crippen molar-refractivity contribution in [1.29, 1.82) is 0 Å². The highest BCUT2D eigenvalue weighted by Gasteiger charge is 2.34. The molecule has 0 saturated heterocycles. The highest BCUT2D eigenvalue weighted by atomic mass is 35.5. The van der Waals surface area contributed by atoms with E-state index in [1.807, 2.05) is 0 Å². The van der Waals surface area contributed by atoms with Crippen LogP contribution in [0.25, 0.3) is 0 Å². The molecule has 0 spiro atoms. The van der Waals surface area contributed by atoms with Crippen LogP contribution in [-0.2, 0) is 6.18 Å². The first-order chi connectivity index (χ1) is 6.73. The first-order valence-corrected chi connectivity index (χ1v) is 4.71. The molecule has 0 amide bonds. The molecule has 1 aromatic carbocycles. The summed E-state index contributed by atoms with van der Waals surface area (Å²) in [5.74, 6) is -0.397. The molecule has 84 valence electrons. The van der Waals surface area contributed by atoms with Gasteiger partial charge in [-0.15, -0.1) is 0 Å². The van der Waals surface area contributed by atoms with E-state index in [1.54, 1.807) is 13.8 Å². The van der Waals surface area contributed by atoms with E-state index in [-0.39, 0.29) is 17.2 Å². The number of phenols is 1. The van der Waals surface area contributed by atoms with Crippen molar-refractivity contribution in [3.05, 3.63) is 28.3 Å². The Balaban J connectivity index is 3.37. The van der Waals surface area contributed by atoms with Gasteiger partial charge in [0.2, 0.25) is 0 Å². The van der Waals surface area contributed by atoms with Gasteiger partial charge in [-0.3, -0.25) is 0 Å². The van der Waals surface area contributed by atoms with Crippen molar-refractivity contribution < 1.29 is 18.3 Å². The van der Waals surface area contributed by atoms with Gasteiger partial charge < -0.3 is 5.11 Å². The van der Waals surface area contributed by atoms with E-state index in [0.717, 1.165) is 12.1 Å². The number of alkyl halides is 3. The number of benzene rings is 1. The Hall–Kier alpha value is -0.900. The first kappa shape index (κ1) is 12.2. The highest BCUT2D eigenvalue weighted by molar-refractivity contribution is 6.31. The summed E-state index contributed by atoms with van der Waals surface area (Å²) in [6.07, 6.45) is -4.49. The largest absolute Gasteiger partial charge is 0.508 e. The Kier molecular flexibility index (Phi) is 3.19. The topological polar surface area (TPSA) is 20.2 Å². The van der Waals surface area contributed by atoms with Crippen LogP contribution in [0, 0.1) is 0 Å². The zero-order chi connectivity index (χ0) is 11.8. The van der Waals surface area contributed by atoms with Gasteiger partial charge in [-0.2, -0.15) is 13.2 Å². The van der Waals surface area contributed by atoms with Gasteiger partial charge in [-0.25, -0.2) is 0 Å². The minimum atomic E-state index is -4.49. The Morgan fingerprint density at radius 1 is 1.27 bits per heavy atom. The molecular formula is C10H10ClF3O. The molecule has 0 heterocycles. The number of hydrogen-bond donors (Lipinski definition) is 1. The quantitative estimate of drug-likeness (QED) is 0.778. The Morgan fingerprint density at radius 3 is 2.20 bits per heavy atom. The van der Waals surface area contributed by atoms with Gasteiger partial charge in [0.15, 0.2) is 0 Å². The number of rotatable bonds is 1. The molecule has 1 aromatic rings. The lowest BCUT2D eigenvalue weighted by Crippen LogP contribution is -2.07. The maximum atomic E-state index is 12.5. The number of aromatic hydroxyl groups is 1. The molecule has 1 N–H and O–H groups in total. The molecule has 0 aliphatic carbocycles. The third-order valence-electron chi connectivity index (χ3n) is 2.04. The summed E-state index contributed by atoms with van der Waals surface area (Å²) in [4.78, 5) is 0. The van der Waals surface area contributed by atoms with Crippen molar-refractivity contribution in [3.8, 4) is 5.75 Å². The summed E-state index contributed by atoms with van der Waals surface area (Å²) in [6, 6.07) is 1.82. The number of halogens is 4. The lowest BCUT2D eigenvalue weighted by Gasteiger charge is -2.14. The van der Waals surface area contributed by atoms with Gasteiger partial charge in [-0.1, -0.05) is 25.4 Å². The molecule has 0 fully saturated rings. The molecule has 0 radical (unpaired) electrons. The van der Waals surface area contributed by atoms with E-state index >= 15 is 0 Å². The molecule has 1 rings (SSSR count). The van der Waals surface area contributed by atoms with Gasteiger partial charge in [0.05, 0.1) is 10.6 Å². The van der Waals surface area contributed by atoms with Crippen molar-refractivity contribution in [1.82, 2.24) is 0 Å². The van der Waals surface area contributed by atoms with Crippen LogP contribution in [0.3, 0.4) is 0 Å².